The first-order valence-electron chi connectivity index (χ1n) is 6.82. The van der Waals surface area contributed by atoms with Gasteiger partial charge in [-0.15, -0.1) is 0 Å². The summed E-state index contributed by atoms with van der Waals surface area (Å²) in [6.45, 7) is 3.04. The largest absolute Gasteiger partial charge is 0.495 e. The van der Waals surface area contributed by atoms with Crippen molar-refractivity contribution in [2.75, 3.05) is 6.61 Å². The molecule has 1 aliphatic heterocycles. The van der Waals surface area contributed by atoms with Gasteiger partial charge in [0.15, 0.2) is 0 Å². The Morgan fingerprint density at radius 1 is 1.44 bits per heavy atom. The van der Waals surface area contributed by atoms with Crippen molar-refractivity contribution in [2.45, 2.75) is 58.0 Å². The van der Waals surface area contributed by atoms with Gasteiger partial charge in [0.05, 0.1) is 6.61 Å². The fraction of sp³-hybridized carbons (Fsp3) is 0.857. The van der Waals surface area contributed by atoms with E-state index in [9.17, 15) is 5.11 Å². The van der Waals surface area contributed by atoms with E-state index in [0.717, 1.165) is 31.1 Å². The Hall–Kier alpha value is -0.500. The van der Waals surface area contributed by atoms with Crippen molar-refractivity contribution in [1.82, 2.24) is 0 Å². The second kappa shape index (κ2) is 5.72. The minimum absolute atomic E-state index is 0.338. The molecule has 1 N–H and O–H groups in total. The Morgan fingerprint density at radius 3 is 3.00 bits per heavy atom. The predicted octanol–water partition coefficient (Wildman–Crippen LogP) is 3.26. The summed E-state index contributed by atoms with van der Waals surface area (Å²) in [5, 5.41) is 10.3. The third-order valence-corrected chi connectivity index (χ3v) is 4.10. The van der Waals surface area contributed by atoms with Crippen LogP contribution in [0.5, 0.6) is 0 Å². The molecule has 3 unspecified atom stereocenters. The number of rotatable bonds is 3. The van der Waals surface area contributed by atoms with Crippen LogP contribution >= 0.6 is 0 Å². The van der Waals surface area contributed by atoms with Crippen LogP contribution in [0, 0.1) is 11.8 Å². The molecule has 1 heterocycles. The summed E-state index contributed by atoms with van der Waals surface area (Å²) >= 11 is 0. The van der Waals surface area contributed by atoms with Gasteiger partial charge in [-0.25, -0.2) is 0 Å². The summed E-state index contributed by atoms with van der Waals surface area (Å²) in [7, 11) is 0. The maximum atomic E-state index is 10.3. The standard InChI is InChI=1S/C14H24O2/c1-2-11-6-5-7-12(10-11)14(15)13-8-3-4-9-16-13/h8,11-12,14-15H,2-7,9-10H2,1H3. The van der Waals surface area contributed by atoms with E-state index in [-0.39, 0.29) is 6.10 Å². The summed E-state index contributed by atoms with van der Waals surface area (Å²) in [4.78, 5) is 0. The first-order valence-corrected chi connectivity index (χ1v) is 6.82. The quantitative estimate of drug-likeness (QED) is 0.797. The van der Waals surface area contributed by atoms with Gasteiger partial charge in [-0.05, 0) is 43.6 Å². The highest BCUT2D eigenvalue weighted by molar-refractivity contribution is 5.04. The van der Waals surface area contributed by atoms with Crippen LogP contribution < -0.4 is 0 Å². The Morgan fingerprint density at radius 2 is 2.31 bits per heavy atom. The molecule has 2 rings (SSSR count). The van der Waals surface area contributed by atoms with E-state index in [0.29, 0.717) is 5.92 Å². The third-order valence-electron chi connectivity index (χ3n) is 4.10. The van der Waals surface area contributed by atoms with Crippen LogP contribution in [0.3, 0.4) is 0 Å². The zero-order chi connectivity index (χ0) is 11.4. The molecule has 3 atom stereocenters. The van der Waals surface area contributed by atoms with Crippen LogP contribution in [0.1, 0.15) is 51.9 Å². The molecule has 0 aromatic rings. The molecule has 0 spiro atoms. The normalized spacial score (nSPS) is 32.8. The number of aliphatic hydroxyl groups is 1. The van der Waals surface area contributed by atoms with E-state index >= 15 is 0 Å². The van der Waals surface area contributed by atoms with Crippen molar-refractivity contribution >= 4 is 0 Å². The molecule has 0 saturated heterocycles. The summed E-state index contributed by atoms with van der Waals surface area (Å²) < 4.78 is 5.57. The van der Waals surface area contributed by atoms with Gasteiger partial charge in [0, 0.05) is 0 Å². The van der Waals surface area contributed by atoms with E-state index in [1.165, 1.54) is 32.1 Å². The molecule has 2 aliphatic rings. The molecule has 2 nitrogen and oxygen atoms in total. The molecule has 92 valence electrons. The fourth-order valence-corrected chi connectivity index (χ4v) is 3.01. The summed E-state index contributed by atoms with van der Waals surface area (Å²) in [5.41, 5.74) is 0. The van der Waals surface area contributed by atoms with Crippen LogP contribution in [-0.2, 0) is 4.74 Å². The number of ether oxygens (including phenoxy) is 1. The minimum Gasteiger partial charge on any atom is -0.495 e. The Labute approximate surface area is 98.7 Å². The van der Waals surface area contributed by atoms with Crippen molar-refractivity contribution in [2.24, 2.45) is 11.8 Å². The smallest absolute Gasteiger partial charge is 0.121 e. The van der Waals surface area contributed by atoms with Gasteiger partial charge in [0.1, 0.15) is 11.9 Å². The number of aliphatic hydroxyl groups excluding tert-OH is 1. The van der Waals surface area contributed by atoms with Gasteiger partial charge in [-0.2, -0.15) is 0 Å². The second-order valence-corrected chi connectivity index (χ2v) is 5.24. The Kier molecular flexibility index (Phi) is 4.28. The highest BCUT2D eigenvalue weighted by Crippen LogP contribution is 2.35. The number of hydrogen-bond acceptors (Lipinski definition) is 2. The lowest BCUT2D eigenvalue weighted by Gasteiger charge is -2.33. The molecule has 1 saturated carbocycles. The lowest BCUT2D eigenvalue weighted by atomic mass is 9.77. The van der Waals surface area contributed by atoms with Gasteiger partial charge >= 0.3 is 0 Å². The fourth-order valence-electron chi connectivity index (χ4n) is 3.01. The highest BCUT2D eigenvalue weighted by Gasteiger charge is 2.29. The van der Waals surface area contributed by atoms with Gasteiger partial charge in [0.2, 0.25) is 0 Å². The molecule has 0 aromatic heterocycles. The van der Waals surface area contributed by atoms with E-state index < -0.39 is 0 Å². The van der Waals surface area contributed by atoms with Gasteiger partial charge in [-0.1, -0.05) is 26.2 Å². The molecule has 0 radical (unpaired) electrons. The van der Waals surface area contributed by atoms with Gasteiger partial charge in [-0.3, -0.25) is 0 Å². The molecule has 1 fully saturated rings. The lowest BCUT2D eigenvalue weighted by Crippen LogP contribution is -2.30. The van der Waals surface area contributed by atoms with Crippen molar-refractivity contribution in [3.63, 3.8) is 0 Å². The predicted molar refractivity (Wildman–Crippen MR) is 65.0 cm³/mol. The Balaban J connectivity index is 1.92. The topological polar surface area (TPSA) is 29.5 Å². The zero-order valence-electron chi connectivity index (χ0n) is 10.3. The molecule has 0 amide bonds. The van der Waals surface area contributed by atoms with Gasteiger partial charge < -0.3 is 9.84 Å². The van der Waals surface area contributed by atoms with Crippen LogP contribution in [0.25, 0.3) is 0 Å². The van der Waals surface area contributed by atoms with E-state index in [1.54, 1.807) is 0 Å². The second-order valence-electron chi connectivity index (χ2n) is 5.24. The van der Waals surface area contributed by atoms with Crippen molar-refractivity contribution in [3.05, 3.63) is 11.8 Å². The molecular weight excluding hydrogens is 200 g/mol. The average Bonchev–Trinajstić information content (AvgIpc) is 2.39. The van der Waals surface area contributed by atoms with E-state index in [2.05, 4.69) is 13.0 Å². The molecule has 0 aromatic carbocycles. The van der Waals surface area contributed by atoms with E-state index in [1.807, 2.05) is 0 Å². The van der Waals surface area contributed by atoms with Crippen molar-refractivity contribution in [3.8, 4) is 0 Å². The van der Waals surface area contributed by atoms with Crippen LogP contribution in [-0.4, -0.2) is 17.8 Å². The van der Waals surface area contributed by atoms with Crippen molar-refractivity contribution in [1.29, 1.82) is 0 Å². The maximum Gasteiger partial charge on any atom is 0.121 e. The van der Waals surface area contributed by atoms with Crippen molar-refractivity contribution < 1.29 is 9.84 Å². The Bertz CT molecular complexity index is 247. The maximum absolute atomic E-state index is 10.3. The van der Waals surface area contributed by atoms with Crippen LogP contribution in [0.4, 0.5) is 0 Å². The highest BCUT2D eigenvalue weighted by atomic mass is 16.5. The molecule has 16 heavy (non-hydrogen) atoms. The molecule has 1 aliphatic carbocycles. The van der Waals surface area contributed by atoms with Crippen LogP contribution in [0.2, 0.25) is 0 Å². The summed E-state index contributed by atoms with van der Waals surface area (Å²) in [6.07, 6.45) is 10.1. The monoisotopic (exact) mass is 224 g/mol. The first-order chi connectivity index (χ1) is 7.81. The number of allylic oxidation sites excluding steroid dienone is 1. The molecule has 2 heteroatoms. The lowest BCUT2D eigenvalue weighted by molar-refractivity contribution is 0.0330. The number of hydrogen-bond donors (Lipinski definition) is 1. The average molecular weight is 224 g/mol. The summed E-state index contributed by atoms with van der Waals surface area (Å²) in [6, 6.07) is 0. The summed E-state index contributed by atoms with van der Waals surface area (Å²) in [5.74, 6) is 2.11. The molecular formula is C14H24O2. The minimum atomic E-state index is -0.338. The first kappa shape index (κ1) is 12.0. The third kappa shape index (κ3) is 2.79. The molecule has 0 bridgehead atoms. The van der Waals surface area contributed by atoms with Crippen LogP contribution in [0.15, 0.2) is 11.8 Å². The zero-order valence-corrected chi connectivity index (χ0v) is 10.3. The van der Waals surface area contributed by atoms with E-state index in [4.69, 9.17) is 4.74 Å². The van der Waals surface area contributed by atoms with Gasteiger partial charge in [0.25, 0.3) is 0 Å². The SMILES string of the molecule is CCC1CCCC(C(O)C2=CCCCO2)C1.